The average molecular weight is 824 g/mol. The number of rotatable bonds is 38. The molecule has 0 aromatic carbocycles. The van der Waals surface area contributed by atoms with Crippen LogP contribution in [0.25, 0.3) is 0 Å². The Morgan fingerprint density at radius 3 is 1.89 bits per heavy atom. The maximum atomic E-state index is 12.6. The van der Waals surface area contributed by atoms with E-state index in [0.717, 1.165) is 51.4 Å². The maximum absolute atomic E-state index is 12.6. The molecule has 5 N–H and O–H groups in total. The van der Waals surface area contributed by atoms with Crippen LogP contribution in [0, 0.1) is 0 Å². The van der Waals surface area contributed by atoms with Gasteiger partial charge in [-0.05, 0) is 70.6 Å². The first kappa shape index (κ1) is 53.9. The molecule has 13 heteroatoms. The number of phosphoric acid groups is 1. The summed E-state index contributed by atoms with van der Waals surface area (Å²) in [6.07, 6.45) is 41.5. The predicted octanol–water partition coefficient (Wildman–Crippen LogP) is 9.92. The second kappa shape index (κ2) is 38.4. The molecule has 0 aromatic rings. The molecule has 0 saturated carbocycles. The third-order valence-corrected chi connectivity index (χ3v) is 9.47. The van der Waals surface area contributed by atoms with Crippen molar-refractivity contribution in [3.8, 4) is 0 Å². The van der Waals surface area contributed by atoms with Gasteiger partial charge in [-0.3, -0.25) is 23.4 Å². The summed E-state index contributed by atoms with van der Waals surface area (Å²) in [5.74, 6) is -2.52. The Kier molecular flexibility index (Phi) is 36.3. The van der Waals surface area contributed by atoms with E-state index in [1.165, 1.54) is 38.5 Å². The van der Waals surface area contributed by atoms with E-state index < -0.39 is 63.8 Å². The van der Waals surface area contributed by atoms with Crippen LogP contribution >= 0.6 is 7.82 Å². The van der Waals surface area contributed by atoms with Crippen LogP contribution in [0.2, 0.25) is 0 Å². The summed E-state index contributed by atoms with van der Waals surface area (Å²) >= 11 is 0. The third-order valence-electron chi connectivity index (χ3n) is 8.52. The summed E-state index contributed by atoms with van der Waals surface area (Å²) in [5, 5.41) is 18.9. The van der Waals surface area contributed by atoms with Gasteiger partial charge in [0.15, 0.2) is 6.10 Å². The number of allylic oxidation sites excluding steroid dienone is 10. The fraction of sp³-hybridized carbons (Fsp3) is 0.659. The number of hydrogen-bond acceptors (Lipinski definition) is 10. The minimum atomic E-state index is -4.75. The second-order valence-electron chi connectivity index (χ2n) is 13.9. The number of nitrogens with two attached hydrogens (primary N) is 1. The topological polar surface area (TPSA) is 192 Å². The molecule has 0 bridgehead atoms. The van der Waals surface area contributed by atoms with Crippen molar-refractivity contribution in [2.24, 2.45) is 5.73 Å². The van der Waals surface area contributed by atoms with Crippen LogP contribution in [0.4, 0.5) is 0 Å². The Labute approximate surface area is 343 Å². The smallest absolute Gasteiger partial charge is 0.472 e. The Balaban J connectivity index is 4.58. The molecule has 0 spiro atoms. The van der Waals surface area contributed by atoms with Crippen LogP contribution in [0.15, 0.2) is 72.9 Å². The van der Waals surface area contributed by atoms with Gasteiger partial charge in [0.2, 0.25) is 0 Å². The fourth-order valence-corrected chi connectivity index (χ4v) is 5.96. The molecular formula is C44H74NO11P. The lowest BCUT2D eigenvalue weighted by molar-refractivity contribution is -0.161. The summed E-state index contributed by atoms with van der Waals surface area (Å²) in [6, 6.07) is -1.54. The van der Waals surface area contributed by atoms with E-state index >= 15 is 0 Å². The quantitative estimate of drug-likeness (QED) is 0.0152. The lowest BCUT2D eigenvalue weighted by Gasteiger charge is -2.20. The summed E-state index contributed by atoms with van der Waals surface area (Å²) < 4.78 is 32.5. The molecule has 0 fully saturated rings. The van der Waals surface area contributed by atoms with Gasteiger partial charge in [-0.15, -0.1) is 0 Å². The van der Waals surface area contributed by atoms with Crippen molar-refractivity contribution in [2.75, 3.05) is 19.8 Å². The number of carbonyl (C=O) groups is 3. The predicted molar refractivity (Wildman–Crippen MR) is 227 cm³/mol. The molecular weight excluding hydrogens is 749 g/mol. The maximum Gasteiger partial charge on any atom is 0.472 e. The van der Waals surface area contributed by atoms with Crippen molar-refractivity contribution < 1.29 is 52.6 Å². The number of hydrogen-bond donors (Lipinski definition) is 4. The standard InChI is InChI=1S/C44H74NO11P/c1-3-5-7-9-11-12-13-14-15-16-17-18-22-26-30-34-42(47)53-36-40(37-54-57(51,52)55-38-41(45)44(49)50)56-43(48)35-31-27-23-20-19-21-25-29-33-39(46)32-28-24-10-8-6-4-2/h6,8,14-15,20-21,23-25,28-29,33,39-41,46H,3-5,7,9-13,16-19,22,26-27,30-32,34-38,45H2,1-2H3,(H,49,50)(H,51,52)/b8-6-,15-14-,23-20-,25-21-,28-24-,33-29+/t39?,40-,41+/m1/s1. The molecule has 0 aromatic heterocycles. The molecule has 2 unspecified atom stereocenters. The van der Waals surface area contributed by atoms with E-state index in [1.54, 1.807) is 6.08 Å². The zero-order valence-corrected chi connectivity index (χ0v) is 35.7. The number of carbonyl (C=O) groups excluding carboxylic acids is 2. The van der Waals surface area contributed by atoms with E-state index in [-0.39, 0.29) is 12.8 Å². The SMILES string of the molecule is CC/C=C\C/C=C\CC(O)/C=C/C=C\C/C=C\CCCC(=O)O[C@H](COC(=O)CCCCCCC/C=C\CCCCCCCC)COP(=O)(O)OC[C@H](N)C(=O)O. The van der Waals surface area contributed by atoms with Crippen LogP contribution < -0.4 is 5.73 Å². The zero-order chi connectivity index (χ0) is 42.2. The normalized spacial score (nSPS) is 15.0. The first-order valence-corrected chi connectivity index (χ1v) is 22.6. The number of carboxylic acids is 1. The van der Waals surface area contributed by atoms with Crippen molar-refractivity contribution in [1.82, 2.24) is 0 Å². The molecule has 12 nitrogen and oxygen atoms in total. The van der Waals surface area contributed by atoms with Crippen LogP contribution in [-0.2, 0) is 37.5 Å². The van der Waals surface area contributed by atoms with Gasteiger partial charge in [-0.2, -0.15) is 0 Å². The largest absolute Gasteiger partial charge is 0.480 e. The fourth-order valence-electron chi connectivity index (χ4n) is 5.18. The number of unbranched alkanes of at least 4 members (excludes halogenated alkanes) is 12. The van der Waals surface area contributed by atoms with Crippen molar-refractivity contribution >= 4 is 25.7 Å². The van der Waals surface area contributed by atoms with Gasteiger partial charge in [0.1, 0.15) is 12.6 Å². The van der Waals surface area contributed by atoms with Crippen molar-refractivity contribution in [2.45, 2.75) is 167 Å². The Bertz CT molecular complexity index is 1260. The molecule has 0 heterocycles. The van der Waals surface area contributed by atoms with Crippen LogP contribution in [0.3, 0.4) is 0 Å². The van der Waals surface area contributed by atoms with Gasteiger partial charge < -0.3 is 30.3 Å². The van der Waals surface area contributed by atoms with E-state index in [0.29, 0.717) is 32.1 Å². The van der Waals surface area contributed by atoms with E-state index in [4.69, 9.17) is 24.8 Å². The molecule has 0 aliphatic heterocycles. The molecule has 0 radical (unpaired) electrons. The van der Waals surface area contributed by atoms with Gasteiger partial charge in [0.05, 0.1) is 19.3 Å². The van der Waals surface area contributed by atoms with Crippen molar-refractivity contribution in [1.29, 1.82) is 0 Å². The van der Waals surface area contributed by atoms with Crippen LogP contribution in [-0.4, -0.2) is 71.1 Å². The number of aliphatic hydroxyl groups excluding tert-OH is 1. The monoisotopic (exact) mass is 823 g/mol. The second-order valence-corrected chi connectivity index (χ2v) is 15.4. The Hall–Kier alpha value is -3.12. The van der Waals surface area contributed by atoms with Gasteiger partial charge in [0.25, 0.3) is 0 Å². The zero-order valence-electron chi connectivity index (χ0n) is 34.8. The molecule has 0 rings (SSSR count). The van der Waals surface area contributed by atoms with Crippen LogP contribution in [0.1, 0.15) is 149 Å². The number of carboxylic acid groups (broad SMARTS) is 1. The first-order chi connectivity index (χ1) is 27.5. The summed E-state index contributed by atoms with van der Waals surface area (Å²) in [4.78, 5) is 45.9. The number of aliphatic carboxylic acids is 1. The lowest BCUT2D eigenvalue weighted by Crippen LogP contribution is -2.34. The van der Waals surface area contributed by atoms with E-state index in [1.807, 2.05) is 42.5 Å². The van der Waals surface area contributed by atoms with Crippen molar-refractivity contribution in [3.05, 3.63) is 72.9 Å². The highest BCUT2D eigenvalue weighted by Gasteiger charge is 2.28. The van der Waals surface area contributed by atoms with Gasteiger partial charge in [0, 0.05) is 12.8 Å². The molecule has 0 aliphatic carbocycles. The Morgan fingerprint density at radius 2 is 1.21 bits per heavy atom. The number of ether oxygens (including phenoxy) is 2. The minimum Gasteiger partial charge on any atom is -0.480 e. The van der Waals surface area contributed by atoms with Gasteiger partial charge in [-0.25, -0.2) is 4.57 Å². The minimum absolute atomic E-state index is 0.0459. The highest BCUT2D eigenvalue weighted by atomic mass is 31.2. The van der Waals surface area contributed by atoms with Crippen molar-refractivity contribution in [3.63, 3.8) is 0 Å². The van der Waals surface area contributed by atoms with E-state index in [2.05, 4.69) is 42.7 Å². The van der Waals surface area contributed by atoms with Gasteiger partial charge >= 0.3 is 25.7 Å². The van der Waals surface area contributed by atoms with Crippen LogP contribution in [0.5, 0.6) is 0 Å². The molecule has 326 valence electrons. The highest BCUT2D eigenvalue weighted by Crippen LogP contribution is 2.43. The number of esters is 2. The number of phosphoric ester groups is 1. The first-order valence-electron chi connectivity index (χ1n) is 21.1. The van der Waals surface area contributed by atoms with E-state index in [9.17, 15) is 28.9 Å². The third kappa shape index (κ3) is 38.2. The summed E-state index contributed by atoms with van der Waals surface area (Å²) in [5.41, 5.74) is 5.32. The molecule has 0 aliphatic rings. The average Bonchev–Trinajstić information content (AvgIpc) is 3.18. The molecule has 57 heavy (non-hydrogen) atoms. The van der Waals surface area contributed by atoms with Gasteiger partial charge in [-0.1, -0.05) is 138 Å². The molecule has 4 atom stereocenters. The highest BCUT2D eigenvalue weighted by molar-refractivity contribution is 7.47. The summed E-state index contributed by atoms with van der Waals surface area (Å²) in [6.45, 7) is 2.51. The molecule has 0 amide bonds. The molecule has 0 saturated heterocycles. The number of aliphatic hydroxyl groups is 1. The summed E-state index contributed by atoms with van der Waals surface area (Å²) in [7, 11) is -4.75. The lowest BCUT2D eigenvalue weighted by atomic mass is 10.1. The Morgan fingerprint density at radius 1 is 0.649 bits per heavy atom.